The Hall–Kier alpha value is -1.48. The molecule has 0 unspecified atom stereocenters. The number of thiazole rings is 1. The van der Waals surface area contributed by atoms with Crippen LogP contribution in [0.2, 0.25) is 0 Å². The fraction of sp³-hybridized carbons (Fsp3) is 0.286. The van der Waals surface area contributed by atoms with Crippen LogP contribution in [0.5, 0.6) is 0 Å². The summed E-state index contributed by atoms with van der Waals surface area (Å²) < 4.78 is 0. The number of hydrogen-bond acceptors (Lipinski definition) is 3. The van der Waals surface area contributed by atoms with Gasteiger partial charge in [-0.05, 0) is 25.7 Å². The van der Waals surface area contributed by atoms with Crippen molar-refractivity contribution in [2.45, 2.75) is 25.7 Å². The molecule has 1 heterocycles. The van der Waals surface area contributed by atoms with Crippen LogP contribution in [0.1, 0.15) is 33.8 Å². The molecule has 0 saturated carbocycles. The Bertz CT molecular complexity index is 518. The number of aldehydes is 1. The van der Waals surface area contributed by atoms with Crippen LogP contribution in [0.25, 0.3) is 10.6 Å². The predicted molar refractivity (Wildman–Crippen MR) is 69.6 cm³/mol. The molecule has 0 radical (unpaired) electrons. The Balaban J connectivity index is 1.97. The van der Waals surface area contributed by atoms with Gasteiger partial charge in [-0.3, -0.25) is 4.79 Å². The minimum absolute atomic E-state index is 0.718. The van der Waals surface area contributed by atoms with Crippen molar-refractivity contribution in [1.82, 2.24) is 4.98 Å². The van der Waals surface area contributed by atoms with E-state index in [1.807, 2.05) is 24.3 Å². The van der Waals surface area contributed by atoms with Gasteiger partial charge in [-0.1, -0.05) is 24.3 Å². The highest BCUT2D eigenvalue weighted by Gasteiger charge is 2.15. The van der Waals surface area contributed by atoms with Crippen molar-refractivity contribution in [3.8, 4) is 10.6 Å². The van der Waals surface area contributed by atoms with Crippen LogP contribution in [0.3, 0.4) is 0 Å². The summed E-state index contributed by atoms with van der Waals surface area (Å²) in [6.07, 6.45) is 5.73. The van der Waals surface area contributed by atoms with Gasteiger partial charge in [0, 0.05) is 16.0 Å². The third kappa shape index (κ3) is 2.03. The zero-order valence-electron chi connectivity index (χ0n) is 9.48. The average Bonchev–Trinajstić information content (AvgIpc) is 2.82. The van der Waals surface area contributed by atoms with E-state index >= 15 is 0 Å². The number of rotatable bonds is 2. The largest absolute Gasteiger partial charge is 0.298 e. The van der Waals surface area contributed by atoms with E-state index in [0.717, 1.165) is 28.8 Å². The monoisotopic (exact) mass is 243 g/mol. The molecule has 2 aromatic rings. The third-order valence-corrected chi connectivity index (χ3v) is 4.35. The summed E-state index contributed by atoms with van der Waals surface area (Å²) in [5.41, 5.74) is 3.13. The smallest absolute Gasteiger partial charge is 0.150 e. The van der Waals surface area contributed by atoms with E-state index in [4.69, 9.17) is 4.98 Å². The molecule has 0 atom stereocenters. The molecule has 2 nitrogen and oxygen atoms in total. The van der Waals surface area contributed by atoms with E-state index in [-0.39, 0.29) is 0 Å². The number of fused-ring (bicyclic) bond motifs is 1. The Morgan fingerprint density at radius 1 is 1.12 bits per heavy atom. The van der Waals surface area contributed by atoms with Gasteiger partial charge >= 0.3 is 0 Å². The fourth-order valence-electron chi connectivity index (χ4n) is 2.18. The van der Waals surface area contributed by atoms with Crippen LogP contribution in [-0.2, 0) is 12.8 Å². The number of hydrogen-bond donors (Lipinski definition) is 0. The number of carbonyl (C=O) groups excluding carboxylic acids is 1. The molecular formula is C14H13NOS. The third-order valence-electron chi connectivity index (χ3n) is 3.14. The van der Waals surface area contributed by atoms with Crippen LogP contribution < -0.4 is 0 Å². The van der Waals surface area contributed by atoms with Crippen molar-refractivity contribution in [1.29, 1.82) is 0 Å². The number of benzene rings is 1. The first kappa shape index (κ1) is 10.7. The number of aryl methyl sites for hydroxylation is 2. The van der Waals surface area contributed by atoms with Crippen molar-refractivity contribution < 1.29 is 4.79 Å². The van der Waals surface area contributed by atoms with Gasteiger partial charge in [-0.25, -0.2) is 4.98 Å². The first-order chi connectivity index (χ1) is 8.36. The second-order valence-electron chi connectivity index (χ2n) is 4.34. The molecule has 1 aromatic carbocycles. The number of nitrogens with zero attached hydrogens (tertiary/aromatic N) is 1. The van der Waals surface area contributed by atoms with Crippen LogP contribution >= 0.6 is 11.3 Å². The zero-order valence-corrected chi connectivity index (χ0v) is 10.3. The summed E-state index contributed by atoms with van der Waals surface area (Å²) >= 11 is 1.80. The Morgan fingerprint density at radius 3 is 2.59 bits per heavy atom. The van der Waals surface area contributed by atoms with E-state index in [2.05, 4.69) is 0 Å². The fourth-order valence-corrected chi connectivity index (χ4v) is 3.33. The highest BCUT2D eigenvalue weighted by atomic mass is 32.1. The molecule has 17 heavy (non-hydrogen) atoms. The standard InChI is InChI=1S/C14H13NOS/c16-9-10-5-7-11(8-6-10)14-15-12-3-1-2-4-13(12)17-14/h5-9H,1-4H2. The molecule has 1 aliphatic carbocycles. The Kier molecular flexibility index (Phi) is 2.77. The molecule has 0 bridgehead atoms. The van der Waals surface area contributed by atoms with Crippen LogP contribution in [0, 0.1) is 0 Å². The van der Waals surface area contributed by atoms with Gasteiger partial charge in [0.1, 0.15) is 11.3 Å². The van der Waals surface area contributed by atoms with Crippen molar-refractivity contribution >= 4 is 17.6 Å². The highest BCUT2D eigenvalue weighted by Crippen LogP contribution is 2.32. The summed E-state index contributed by atoms with van der Waals surface area (Å²) in [7, 11) is 0. The first-order valence-electron chi connectivity index (χ1n) is 5.91. The highest BCUT2D eigenvalue weighted by molar-refractivity contribution is 7.15. The van der Waals surface area contributed by atoms with E-state index in [9.17, 15) is 4.79 Å². The first-order valence-corrected chi connectivity index (χ1v) is 6.72. The Labute approximate surface area is 104 Å². The van der Waals surface area contributed by atoms with Gasteiger partial charge in [0.2, 0.25) is 0 Å². The second kappa shape index (κ2) is 4.41. The van der Waals surface area contributed by atoms with Crippen molar-refractivity contribution in [3.05, 3.63) is 40.4 Å². The molecule has 0 amide bonds. The van der Waals surface area contributed by atoms with Crippen LogP contribution in [0.15, 0.2) is 24.3 Å². The normalized spacial score (nSPS) is 14.4. The summed E-state index contributed by atoms with van der Waals surface area (Å²) in [5, 5.41) is 1.09. The van der Waals surface area contributed by atoms with Gasteiger partial charge < -0.3 is 0 Å². The molecule has 86 valence electrons. The predicted octanol–water partition coefficient (Wildman–Crippen LogP) is 3.50. The van der Waals surface area contributed by atoms with Crippen molar-refractivity contribution in [2.75, 3.05) is 0 Å². The van der Waals surface area contributed by atoms with Gasteiger partial charge in [-0.15, -0.1) is 11.3 Å². The van der Waals surface area contributed by atoms with Crippen LogP contribution in [0.4, 0.5) is 0 Å². The van der Waals surface area contributed by atoms with Gasteiger partial charge in [0.05, 0.1) is 5.69 Å². The SMILES string of the molecule is O=Cc1ccc(-c2nc3c(s2)CCCC3)cc1. The minimum Gasteiger partial charge on any atom is -0.298 e. The molecule has 0 spiro atoms. The molecule has 0 saturated heterocycles. The topological polar surface area (TPSA) is 30.0 Å². The van der Waals surface area contributed by atoms with Gasteiger partial charge in [0.25, 0.3) is 0 Å². The molecule has 1 aromatic heterocycles. The average molecular weight is 243 g/mol. The molecular weight excluding hydrogens is 230 g/mol. The number of carbonyl (C=O) groups is 1. The lowest BCUT2D eigenvalue weighted by atomic mass is 10.0. The molecule has 0 fully saturated rings. The quantitative estimate of drug-likeness (QED) is 0.756. The molecule has 0 aliphatic heterocycles. The van der Waals surface area contributed by atoms with Gasteiger partial charge in [-0.2, -0.15) is 0 Å². The zero-order chi connectivity index (χ0) is 11.7. The molecule has 1 aliphatic rings. The van der Waals surface area contributed by atoms with Crippen LogP contribution in [-0.4, -0.2) is 11.3 Å². The lowest BCUT2D eigenvalue weighted by Crippen LogP contribution is -1.98. The van der Waals surface area contributed by atoms with E-state index < -0.39 is 0 Å². The summed E-state index contributed by atoms with van der Waals surface area (Å²) in [6.45, 7) is 0. The lowest BCUT2D eigenvalue weighted by Gasteiger charge is -2.06. The molecule has 3 rings (SSSR count). The van der Waals surface area contributed by atoms with Crippen molar-refractivity contribution in [3.63, 3.8) is 0 Å². The van der Waals surface area contributed by atoms with Crippen molar-refractivity contribution in [2.24, 2.45) is 0 Å². The van der Waals surface area contributed by atoms with E-state index in [1.54, 1.807) is 11.3 Å². The lowest BCUT2D eigenvalue weighted by molar-refractivity contribution is 0.112. The maximum atomic E-state index is 10.6. The summed E-state index contributed by atoms with van der Waals surface area (Å²) in [5.74, 6) is 0. The summed E-state index contributed by atoms with van der Waals surface area (Å²) in [4.78, 5) is 16.8. The van der Waals surface area contributed by atoms with E-state index in [1.165, 1.54) is 29.8 Å². The Morgan fingerprint density at radius 2 is 1.88 bits per heavy atom. The second-order valence-corrected chi connectivity index (χ2v) is 5.42. The molecule has 0 N–H and O–H groups in total. The molecule has 3 heteroatoms. The maximum Gasteiger partial charge on any atom is 0.150 e. The number of aromatic nitrogens is 1. The van der Waals surface area contributed by atoms with E-state index in [0.29, 0.717) is 0 Å². The van der Waals surface area contributed by atoms with Gasteiger partial charge in [0.15, 0.2) is 0 Å². The summed E-state index contributed by atoms with van der Waals surface area (Å²) in [6, 6.07) is 7.66. The minimum atomic E-state index is 0.718. The maximum absolute atomic E-state index is 10.6.